The van der Waals surface area contributed by atoms with E-state index in [0.29, 0.717) is 25.6 Å². The van der Waals surface area contributed by atoms with Gasteiger partial charge in [0.1, 0.15) is 5.76 Å². The van der Waals surface area contributed by atoms with Crippen LogP contribution in [0.5, 0.6) is 0 Å². The highest BCUT2D eigenvalue weighted by atomic mass is 32.2. The maximum absolute atomic E-state index is 12.0. The molecule has 114 valence electrons. The molecule has 6 nitrogen and oxygen atoms in total. The van der Waals surface area contributed by atoms with Crippen molar-refractivity contribution in [2.45, 2.75) is 31.7 Å². The molecule has 0 saturated heterocycles. The van der Waals surface area contributed by atoms with Gasteiger partial charge in [-0.05, 0) is 37.9 Å². The molecule has 1 saturated carbocycles. The van der Waals surface area contributed by atoms with Gasteiger partial charge in [0, 0.05) is 32.6 Å². The zero-order valence-corrected chi connectivity index (χ0v) is 12.7. The third-order valence-corrected chi connectivity index (χ3v) is 4.88. The zero-order valence-electron chi connectivity index (χ0n) is 11.8. The second kappa shape index (κ2) is 7.21. The lowest BCUT2D eigenvalue weighted by atomic mass is 10.3. The number of rotatable bonds is 10. The third kappa shape index (κ3) is 5.24. The number of furan rings is 1. The molecular weight excluding hydrogens is 278 g/mol. The van der Waals surface area contributed by atoms with Crippen molar-refractivity contribution in [2.75, 3.05) is 26.7 Å². The summed E-state index contributed by atoms with van der Waals surface area (Å²) >= 11 is 0. The highest BCUT2D eigenvalue weighted by Gasteiger charge is 2.20. The second-order valence-electron chi connectivity index (χ2n) is 5.13. The molecule has 0 aliphatic heterocycles. The molecule has 1 aromatic heterocycles. The molecule has 0 bridgehead atoms. The molecule has 1 aromatic rings. The summed E-state index contributed by atoms with van der Waals surface area (Å²) in [6, 6.07) is 4.30. The molecular formula is C13H23N3O3S. The largest absolute Gasteiger partial charge is 0.469 e. The Kier molecular flexibility index (Phi) is 5.59. The van der Waals surface area contributed by atoms with E-state index in [0.717, 1.165) is 18.7 Å². The molecule has 0 atom stereocenters. The standard InChI is InChI=1S/C13H23N3O3S/c1-16(10-3-8-14-12-5-6-12)20(17,18)15-9-7-13-4-2-11-19-13/h2,4,11-12,14-15H,3,5-10H2,1H3. The van der Waals surface area contributed by atoms with Gasteiger partial charge in [-0.2, -0.15) is 12.7 Å². The van der Waals surface area contributed by atoms with Crippen LogP contribution in [0.2, 0.25) is 0 Å². The van der Waals surface area contributed by atoms with E-state index in [1.807, 2.05) is 6.07 Å². The maximum Gasteiger partial charge on any atom is 0.279 e. The third-order valence-electron chi connectivity index (χ3n) is 3.31. The van der Waals surface area contributed by atoms with Crippen molar-refractivity contribution in [3.8, 4) is 0 Å². The first kappa shape index (κ1) is 15.5. The minimum atomic E-state index is -3.38. The molecule has 7 heteroatoms. The number of nitrogens with zero attached hydrogens (tertiary/aromatic N) is 1. The second-order valence-corrected chi connectivity index (χ2v) is 6.99. The molecule has 1 aliphatic rings. The van der Waals surface area contributed by atoms with Gasteiger partial charge < -0.3 is 9.73 Å². The van der Waals surface area contributed by atoms with Crippen LogP contribution in [-0.4, -0.2) is 45.4 Å². The van der Waals surface area contributed by atoms with Crippen LogP contribution in [0.1, 0.15) is 25.0 Å². The van der Waals surface area contributed by atoms with Gasteiger partial charge >= 0.3 is 0 Å². The monoisotopic (exact) mass is 301 g/mol. The van der Waals surface area contributed by atoms with Gasteiger partial charge in [-0.15, -0.1) is 0 Å². The fraction of sp³-hybridized carbons (Fsp3) is 0.692. The first-order valence-corrected chi connectivity index (χ1v) is 8.48. The van der Waals surface area contributed by atoms with Crippen LogP contribution in [0.4, 0.5) is 0 Å². The lowest BCUT2D eigenvalue weighted by molar-refractivity contribution is 0.442. The van der Waals surface area contributed by atoms with Gasteiger partial charge in [-0.3, -0.25) is 0 Å². The Morgan fingerprint density at radius 2 is 2.20 bits per heavy atom. The summed E-state index contributed by atoms with van der Waals surface area (Å²) < 4.78 is 33.0. The number of hydrogen-bond donors (Lipinski definition) is 2. The average Bonchev–Trinajstić information content (AvgIpc) is 3.09. The average molecular weight is 301 g/mol. The predicted molar refractivity (Wildman–Crippen MR) is 77.6 cm³/mol. The molecule has 0 amide bonds. The van der Waals surface area contributed by atoms with Crippen molar-refractivity contribution < 1.29 is 12.8 Å². The summed E-state index contributed by atoms with van der Waals surface area (Å²) in [6.45, 7) is 1.74. The summed E-state index contributed by atoms with van der Waals surface area (Å²) in [6.07, 6.45) is 5.48. The highest BCUT2D eigenvalue weighted by molar-refractivity contribution is 7.87. The fourth-order valence-corrected chi connectivity index (χ4v) is 2.83. The van der Waals surface area contributed by atoms with E-state index in [4.69, 9.17) is 4.42 Å². The predicted octanol–water partition coefficient (Wildman–Crippen LogP) is 0.730. The minimum Gasteiger partial charge on any atom is -0.469 e. The zero-order chi connectivity index (χ0) is 14.4. The van der Waals surface area contributed by atoms with Gasteiger partial charge in [0.05, 0.1) is 6.26 Å². The van der Waals surface area contributed by atoms with Crippen LogP contribution < -0.4 is 10.0 Å². The van der Waals surface area contributed by atoms with E-state index in [1.165, 1.54) is 17.1 Å². The fourth-order valence-electron chi connectivity index (χ4n) is 1.88. The molecule has 20 heavy (non-hydrogen) atoms. The molecule has 1 aliphatic carbocycles. The minimum absolute atomic E-state index is 0.348. The van der Waals surface area contributed by atoms with Crippen LogP contribution >= 0.6 is 0 Å². The molecule has 0 unspecified atom stereocenters. The Bertz CT molecular complexity index is 483. The normalized spacial score (nSPS) is 15.9. The van der Waals surface area contributed by atoms with E-state index in [2.05, 4.69) is 10.0 Å². The number of hydrogen-bond acceptors (Lipinski definition) is 4. The Morgan fingerprint density at radius 3 is 2.85 bits per heavy atom. The lowest BCUT2D eigenvalue weighted by Gasteiger charge is -2.17. The van der Waals surface area contributed by atoms with Gasteiger partial charge in [-0.1, -0.05) is 0 Å². The van der Waals surface area contributed by atoms with Crippen LogP contribution in [0.15, 0.2) is 22.8 Å². The molecule has 1 heterocycles. The Hall–Kier alpha value is -0.890. The molecule has 0 spiro atoms. The quantitative estimate of drug-likeness (QED) is 0.625. The van der Waals surface area contributed by atoms with Gasteiger partial charge in [0.15, 0.2) is 0 Å². The van der Waals surface area contributed by atoms with Crippen molar-refractivity contribution in [1.82, 2.24) is 14.3 Å². The van der Waals surface area contributed by atoms with Crippen molar-refractivity contribution in [3.05, 3.63) is 24.2 Å². The van der Waals surface area contributed by atoms with E-state index in [1.54, 1.807) is 19.4 Å². The smallest absolute Gasteiger partial charge is 0.279 e. The molecule has 0 aromatic carbocycles. The summed E-state index contributed by atoms with van der Waals surface area (Å²) in [4.78, 5) is 0. The van der Waals surface area contributed by atoms with Gasteiger partial charge in [0.25, 0.3) is 10.2 Å². The van der Waals surface area contributed by atoms with E-state index < -0.39 is 10.2 Å². The van der Waals surface area contributed by atoms with E-state index in [9.17, 15) is 8.42 Å². The Labute approximate surface area is 120 Å². The SMILES string of the molecule is CN(CCCNC1CC1)S(=O)(=O)NCCc1ccco1. The summed E-state index contributed by atoms with van der Waals surface area (Å²) in [5, 5.41) is 3.37. The molecule has 2 N–H and O–H groups in total. The number of nitrogens with one attached hydrogen (secondary N) is 2. The van der Waals surface area contributed by atoms with Gasteiger partial charge in [-0.25, -0.2) is 4.72 Å². The van der Waals surface area contributed by atoms with Crippen LogP contribution in [0, 0.1) is 0 Å². The molecule has 1 fully saturated rings. The Morgan fingerprint density at radius 1 is 1.40 bits per heavy atom. The van der Waals surface area contributed by atoms with Crippen molar-refractivity contribution in [1.29, 1.82) is 0 Å². The first-order chi connectivity index (χ1) is 9.58. The summed E-state index contributed by atoms with van der Waals surface area (Å²) in [5.41, 5.74) is 0. The van der Waals surface area contributed by atoms with E-state index >= 15 is 0 Å². The van der Waals surface area contributed by atoms with Crippen molar-refractivity contribution in [3.63, 3.8) is 0 Å². The van der Waals surface area contributed by atoms with Gasteiger partial charge in [0.2, 0.25) is 0 Å². The summed E-state index contributed by atoms with van der Waals surface area (Å²) in [7, 11) is -1.78. The molecule has 0 radical (unpaired) electrons. The van der Waals surface area contributed by atoms with Crippen molar-refractivity contribution >= 4 is 10.2 Å². The van der Waals surface area contributed by atoms with Crippen LogP contribution in [-0.2, 0) is 16.6 Å². The highest BCUT2D eigenvalue weighted by Crippen LogP contribution is 2.18. The summed E-state index contributed by atoms with van der Waals surface area (Å²) in [5.74, 6) is 0.781. The van der Waals surface area contributed by atoms with E-state index in [-0.39, 0.29) is 0 Å². The topological polar surface area (TPSA) is 74.6 Å². The van der Waals surface area contributed by atoms with Crippen molar-refractivity contribution in [2.24, 2.45) is 0 Å². The first-order valence-electron chi connectivity index (χ1n) is 7.04. The molecule has 2 rings (SSSR count). The lowest BCUT2D eigenvalue weighted by Crippen LogP contribution is -2.40. The Balaban J connectivity index is 1.62. The maximum atomic E-state index is 12.0. The van der Waals surface area contributed by atoms with Crippen LogP contribution in [0.3, 0.4) is 0 Å². The van der Waals surface area contributed by atoms with Crippen LogP contribution in [0.25, 0.3) is 0 Å².